The number of halogens is 1. The van der Waals surface area contributed by atoms with Crippen molar-refractivity contribution in [3.63, 3.8) is 0 Å². The van der Waals surface area contributed by atoms with E-state index in [1.165, 1.54) is 0 Å². The normalized spacial score (nSPS) is 12.3. The molecule has 0 aliphatic rings. The van der Waals surface area contributed by atoms with E-state index in [1.807, 2.05) is 23.6 Å². The van der Waals surface area contributed by atoms with E-state index >= 15 is 0 Å². The van der Waals surface area contributed by atoms with Gasteiger partial charge in [-0.1, -0.05) is 18.2 Å². The summed E-state index contributed by atoms with van der Waals surface area (Å²) in [4.78, 5) is 1.08. The van der Waals surface area contributed by atoms with Gasteiger partial charge in [-0.15, -0.1) is 22.9 Å². The van der Waals surface area contributed by atoms with Crippen LogP contribution in [0.4, 0.5) is 0 Å². The highest BCUT2D eigenvalue weighted by atomic mass is 35.5. The fraction of sp³-hybridized carbons (Fsp3) is 0.176. The predicted molar refractivity (Wildman–Crippen MR) is 89.1 cm³/mol. The first-order valence-electron chi connectivity index (χ1n) is 6.55. The lowest BCUT2D eigenvalue weighted by atomic mass is 10.0. The summed E-state index contributed by atoms with van der Waals surface area (Å²) in [5.74, 6) is 1.71. The summed E-state index contributed by atoms with van der Waals surface area (Å²) in [6.07, 6.45) is 0. The largest absolute Gasteiger partial charge is 0.497 e. The molecule has 0 saturated heterocycles. The van der Waals surface area contributed by atoms with Crippen LogP contribution in [0, 0.1) is 0 Å². The number of thiophene rings is 1. The summed E-state index contributed by atoms with van der Waals surface area (Å²) in [5.41, 5.74) is 1.08. The molecule has 0 aliphatic heterocycles. The second-order valence-electron chi connectivity index (χ2n) is 4.72. The van der Waals surface area contributed by atoms with Crippen molar-refractivity contribution in [3.8, 4) is 11.5 Å². The summed E-state index contributed by atoms with van der Waals surface area (Å²) in [7, 11) is 3.34. The van der Waals surface area contributed by atoms with E-state index in [4.69, 9.17) is 21.1 Å². The molecule has 21 heavy (non-hydrogen) atoms. The van der Waals surface area contributed by atoms with E-state index in [0.717, 1.165) is 32.7 Å². The van der Waals surface area contributed by atoms with Gasteiger partial charge in [-0.05, 0) is 40.6 Å². The fourth-order valence-electron chi connectivity index (χ4n) is 2.27. The minimum Gasteiger partial charge on any atom is -0.497 e. The van der Waals surface area contributed by atoms with Crippen molar-refractivity contribution >= 4 is 33.7 Å². The van der Waals surface area contributed by atoms with Crippen LogP contribution in [0.2, 0.25) is 0 Å². The summed E-state index contributed by atoms with van der Waals surface area (Å²) >= 11 is 8.20. The smallest absolute Gasteiger partial charge is 0.129 e. The summed E-state index contributed by atoms with van der Waals surface area (Å²) in [6, 6.07) is 14.3. The average Bonchev–Trinajstić information content (AvgIpc) is 3.02. The van der Waals surface area contributed by atoms with Gasteiger partial charge >= 0.3 is 0 Å². The Labute approximate surface area is 132 Å². The van der Waals surface area contributed by atoms with Gasteiger partial charge < -0.3 is 9.47 Å². The third-order valence-corrected chi connectivity index (χ3v) is 5.04. The first kappa shape index (κ1) is 14.2. The molecular weight excluding hydrogens is 304 g/mol. The zero-order valence-electron chi connectivity index (χ0n) is 11.8. The zero-order valence-corrected chi connectivity index (χ0v) is 13.4. The molecule has 1 aromatic heterocycles. The Balaban J connectivity index is 1.96. The van der Waals surface area contributed by atoms with E-state index in [9.17, 15) is 0 Å². The van der Waals surface area contributed by atoms with Crippen LogP contribution in [0.3, 0.4) is 0 Å². The van der Waals surface area contributed by atoms with Crippen LogP contribution in [0.25, 0.3) is 10.8 Å². The van der Waals surface area contributed by atoms with Crippen molar-refractivity contribution in [2.45, 2.75) is 5.38 Å². The lowest BCUT2D eigenvalue weighted by molar-refractivity contribution is 0.415. The van der Waals surface area contributed by atoms with Gasteiger partial charge in [0.05, 0.1) is 19.6 Å². The van der Waals surface area contributed by atoms with Gasteiger partial charge in [0.2, 0.25) is 0 Å². The van der Waals surface area contributed by atoms with Crippen molar-refractivity contribution in [1.82, 2.24) is 0 Å². The number of fused-ring (bicyclic) bond motifs is 1. The molecule has 0 spiro atoms. The van der Waals surface area contributed by atoms with E-state index < -0.39 is 0 Å². The molecule has 1 unspecified atom stereocenters. The molecule has 0 N–H and O–H groups in total. The lowest BCUT2D eigenvalue weighted by Gasteiger charge is -2.10. The molecule has 4 heteroatoms. The maximum Gasteiger partial charge on any atom is 0.129 e. The minimum atomic E-state index is -0.162. The molecule has 0 fully saturated rings. The molecule has 0 aliphatic carbocycles. The molecule has 2 nitrogen and oxygen atoms in total. The number of rotatable bonds is 4. The fourth-order valence-corrected chi connectivity index (χ4v) is 3.47. The molecule has 1 heterocycles. The Morgan fingerprint density at radius 1 is 0.905 bits per heavy atom. The summed E-state index contributed by atoms with van der Waals surface area (Å²) in [6.45, 7) is 0. The van der Waals surface area contributed by atoms with Crippen molar-refractivity contribution in [2.24, 2.45) is 0 Å². The lowest BCUT2D eigenvalue weighted by Crippen LogP contribution is -1.90. The molecule has 3 rings (SSSR count). The number of methoxy groups -OCH3 is 2. The Kier molecular flexibility index (Phi) is 4.04. The summed E-state index contributed by atoms with van der Waals surface area (Å²) in [5, 5.41) is 4.11. The highest BCUT2D eigenvalue weighted by molar-refractivity contribution is 7.10. The highest BCUT2D eigenvalue weighted by Crippen LogP contribution is 2.36. The van der Waals surface area contributed by atoms with Crippen LogP contribution in [0.15, 0.2) is 47.8 Å². The molecule has 3 aromatic rings. The molecule has 108 valence electrons. The van der Waals surface area contributed by atoms with Crippen LogP contribution >= 0.6 is 22.9 Å². The van der Waals surface area contributed by atoms with Gasteiger partial charge in [-0.25, -0.2) is 0 Å². The molecule has 0 bridgehead atoms. The molecule has 1 atom stereocenters. The number of hydrogen-bond acceptors (Lipinski definition) is 3. The van der Waals surface area contributed by atoms with Gasteiger partial charge in [0.15, 0.2) is 0 Å². The first-order chi connectivity index (χ1) is 10.2. The monoisotopic (exact) mass is 318 g/mol. The average molecular weight is 319 g/mol. The van der Waals surface area contributed by atoms with Crippen molar-refractivity contribution in [1.29, 1.82) is 0 Å². The van der Waals surface area contributed by atoms with Crippen molar-refractivity contribution in [2.75, 3.05) is 14.2 Å². The molecule has 0 saturated carbocycles. The van der Waals surface area contributed by atoms with E-state index in [2.05, 4.69) is 24.3 Å². The summed E-state index contributed by atoms with van der Waals surface area (Å²) < 4.78 is 10.5. The second kappa shape index (κ2) is 5.96. The van der Waals surface area contributed by atoms with Gasteiger partial charge in [-0.3, -0.25) is 0 Å². The van der Waals surface area contributed by atoms with Crippen LogP contribution in [0.5, 0.6) is 11.5 Å². The van der Waals surface area contributed by atoms with E-state index in [0.29, 0.717) is 0 Å². The van der Waals surface area contributed by atoms with Crippen molar-refractivity contribution < 1.29 is 9.47 Å². The minimum absolute atomic E-state index is 0.162. The SMILES string of the molecule is COc1csc(C(Cl)c2ccc3cc(OC)ccc3c2)c1. The Morgan fingerprint density at radius 2 is 1.62 bits per heavy atom. The topological polar surface area (TPSA) is 18.5 Å². The maximum absolute atomic E-state index is 6.59. The molecular formula is C17H15ClO2S. The Bertz CT molecular complexity index is 766. The van der Waals surface area contributed by atoms with Crippen molar-refractivity contribution in [3.05, 3.63) is 58.3 Å². The first-order valence-corrected chi connectivity index (χ1v) is 7.87. The third-order valence-electron chi connectivity index (χ3n) is 3.45. The van der Waals surface area contributed by atoms with E-state index in [1.54, 1.807) is 25.6 Å². The van der Waals surface area contributed by atoms with Crippen LogP contribution in [-0.4, -0.2) is 14.2 Å². The van der Waals surface area contributed by atoms with Gasteiger partial charge in [0.25, 0.3) is 0 Å². The standard InChI is InChI=1S/C17H15ClO2S/c1-19-14-6-5-11-7-13(4-3-12(11)8-14)17(18)16-9-15(20-2)10-21-16/h3-10,17H,1-2H3. The van der Waals surface area contributed by atoms with Gasteiger partial charge in [0, 0.05) is 10.3 Å². The maximum atomic E-state index is 6.59. The third kappa shape index (κ3) is 2.85. The molecule has 0 radical (unpaired) electrons. The van der Waals surface area contributed by atoms with Gasteiger partial charge in [-0.2, -0.15) is 0 Å². The molecule has 2 aromatic carbocycles. The highest BCUT2D eigenvalue weighted by Gasteiger charge is 2.14. The van der Waals surface area contributed by atoms with E-state index in [-0.39, 0.29) is 5.38 Å². The Hall–Kier alpha value is -1.71. The predicted octanol–water partition coefficient (Wildman–Crippen LogP) is 5.25. The zero-order chi connectivity index (χ0) is 14.8. The quantitative estimate of drug-likeness (QED) is 0.612. The van der Waals surface area contributed by atoms with Crippen LogP contribution in [0.1, 0.15) is 15.8 Å². The van der Waals surface area contributed by atoms with Crippen LogP contribution < -0.4 is 9.47 Å². The van der Waals surface area contributed by atoms with Crippen LogP contribution in [-0.2, 0) is 0 Å². The number of alkyl halides is 1. The molecule has 0 amide bonds. The number of hydrogen-bond donors (Lipinski definition) is 0. The number of ether oxygens (including phenoxy) is 2. The Morgan fingerprint density at radius 3 is 2.33 bits per heavy atom. The number of benzene rings is 2. The second-order valence-corrected chi connectivity index (χ2v) is 6.10. The van der Waals surface area contributed by atoms with Gasteiger partial charge in [0.1, 0.15) is 11.5 Å².